The Bertz CT molecular complexity index is 338. The summed E-state index contributed by atoms with van der Waals surface area (Å²) in [5, 5.41) is 3.68. The molecule has 0 saturated carbocycles. The first-order valence-corrected chi connectivity index (χ1v) is 5.84. The number of rotatable bonds is 3. The molecule has 4 heteroatoms. The lowest BCUT2D eigenvalue weighted by Crippen LogP contribution is -2.25. The molecule has 0 saturated heterocycles. The van der Waals surface area contributed by atoms with Gasteiger partial charge in [-0.15, -0.1) is 0 Å². The Labute approximate surface area is 102 Å². The van der Waals surface area contributed by atoms with Gasteiger partial charge in [-0.3, -0.25) is 0 Å². The van der Waals surface area contributed by atoms with E-state index in [9.17, 15) is 0 Å². The van der Waals surface area contributed by atoms with Crippen LogP contribution >= 0.6 is 11.6 Å². The maximum absolute atomic E-state index is 5.82. The minimum Gasteiger partial charge on any atom is -0.399 e. The molecule has 1 heterocycles. The van der Waals surface area contributed by atoms with Crippen molar-refractivity contribution in [3.05, 3.63) is 17.3 Å². The second kappa shape index (κ2) is 4.91. The second-order valence-electron chi connectivity index (χ2n) is 5.26. The van der Waals surface area contributed by atoms with Gasteiger partial charge in [-0.2, -0.15) is 0 Å². The van der Waals surface area contributed by atoms with Gasteiger partial charge in [0.1, 0.15) is 11.0 Å². The second-order valence-corrected chi connectivity index (χ2v) is 5.64. The number of hydrogen-bond acceptors (Lipinski definition) is 3. The van der Waals surface area contributed by atoms with E-state index in [1.807, 2.05) is 0 Å². The van der Waals surface area contributed by atoms with Crippen molar-refractivity contribution in [2.24, 2.45) is 11.3 Å². The van der Waals surface area contributed by atoms with Crippen LogP contribution < -0.4 is 11.1 Å². The third-order valence-corrected chi connectivity index (χ3v) is 3.08. The van der Waals surface area contributed by atoms with Gasteiger partial charge in [0.25, 0.3) is 0 Å². The quantitative estimate of drug-likeness (QED) is 0.798. The fourth-order valence-electron chi connectivity index (χ4n) is 1.17. The summed E-state index contributed by atoms with van der Waals surface area (Å²) in [7, 11) is 0. The van der Waals surface area contributed by atoms with Gasteiger partial charge in [0.2, 0.25) is 0 Å². The van der Waals surface area contributed by atoms with E-state index in [1.54, 1.807) is 12.1 Å². The summed E-state index contributed by atoms with van der Waals surface area (Å²) in [6, 6.07) is 3.43. The minimum absolute atomic E-state index is 0.275. The monoisotopic (exact) mass is 241 g/mol. The first kappa shape index (κ1) is 13.1. The first-order chi connectivity index (χ1) is 7.29. The lowest BCUT2D eigenvalue weighted by atomic mass is 9.82. The van der Waals surface area contributed by atoms with Gasteiger partial charge in [-0.1, -0.05) is 39.3 Å². The van der Waals surface area contributed by atoms with Crippen LogP contribution in [-0.4, -0.2) is 11.5 Å². The summed E-state index contributed by atoms with van der Waals surface area (Å²) in [6.45, 7) is 9.73. The number of pyridine rings is 1. The van der Waals surface area contributed by atoms with Crippen molar-refractivity contribution in [2.45, 2.75) is 27.7 Å². The van der Waals surface area contributed by atoms with Crippen LogP contribution in [0.2, 0.25) is 5.15 Å². The summed E-state index contributed by atoms with van der Waals surface area (Å²) >= 11 is 5.82. The van der Waals surface area contributed by atoms with Crippen molar-refractivity contribution in [3.8, 4) is 0 Å². The summed E-state index contributed by atoms with van der Waals surface area (Å²) in [4.78, 5) is 4.16. The molecule has 0 aromatic carbocycles. The summed E-state index contributed by atoms with van der Waals surface area (Å²) in [5.41, 5.74) is 6.59. The predicted octanol–water partition coefficient (Wildman–Crippen LogP) is 3.41. The number of nitrogens with one attached hydrogen (secondary N) is 1. The van der Waals surface area contributed by atoms with Crippen molar-refractivity contribution in [1.82, 2.24) is 4.98 Å². The molecular weight excluding hydrogens is 222 g/mol. The van der Waals surface area contributed by atoms with E-state index in [-0.39, 0.29) is 5.41 Å². The SMILES string of the molecule is CC(CNc1cc(N)cc(Cl)n1)C(C)(C)C. The maximum Gasteiger partial charge on any atom is 0.133 e. The molecule has 0 amide bonds. The van der Waals surface area contributed by atoms with Crippen LogP contribution in [-0.2, 0) is 0 Å². The number of nitrogen functional groups attached to an aromatic ring is 1. The molecule has 0 radical (unpaired) electrons. The van der Waals surface area contributed by atoms with Crippen LogP contribution in [0, 0.1) is 11.3 Å². The maximum atomic E-state index is 5.82. The molecule has 0 spiro atoms. The van der Waals surface area contributed by atoms with Crippen molar-refractivity contribution in [3.63, 3.8) is 0 Å². The fraction of sp³-hybridized carbons (Fsp3) is 0.583. The molecule has 16 heavy (non-hydrogen) atoms. The first-order valence-electron chi connectivity index (χ1n) is 5.46. The van der Waals surface area contributed by atoms with Gasteiger partial charge >= 0.3 is 0 Å². The molecule has 1 aromatic rings. The Morgan fingerprint density at radius 1 is 1.44 bits per heavy atom. The van der Waals surface area contributed by atoms with E-state index < -0.39 is 0 Å². The highest BCUT2D eigenvalue weighted by atomic mass is 35.5. The Morgan fingerprint density at radius 3 is 2.56 bits per heavy atom. The molecule has 0 bridgehead atoms. The third kappa shape index (κ3) is 3.89. The summed E-state index contributed by atoms with van der Waals surface area (Å²) in [5.74, 6) is 1.27. The van der Waals surface area contributed by atoms with E-state index in [2.05, 4.69) is 38.0 Å². The molecule has 0 aliphatic rings. The minimum atomic E-state index is 0.275. The predicted molar refractivity (Wildman–Crippen MR) is 70.8 cm³/mol. The lowest BCUT2D eigenvalue weighted by Gasteiger charge is -2.27. The molecule has 0 aliphatic carbocycles. The van der Waals surface area contributed by atoms with Crippen LogP contribution in [0.1, 0.15) is 27.7 Å². The van der Waals surface area contributed by atoms with E-state index in [4.69, 9.17) is 17.3 Å². The van der Waals surface area contributed by atoms with Crippen molar-refractivity contribution >= 4 is 23.1 Å². The van der Waals surface area contributed by atoms with Gasteiger partial charge in [0.05, 0.1) is 0 Å². The Balaban J connectivity index is 2.61. The van der Waals surface area contributed by atoms with E-state index in [0.29, 0.717) is 16.8 Å². The van der Waals surface area contributed by atoms with E-state index in [0.717, 1.165) is 12.4 Å². The van der Waals surface area contributed by atoms with Gasteiger partial charge in [0, 0.05) is 18.3 Å². The number of halogens is 1. The number of anilines is 2. The normalized spacial score (nSPS) is 13.6. The molecule has 90 valence electrons. The topological polar surface area (TPSA) is 50.9 Å². The highest BCUT2D eigenvalue weighted by molar-refractivity contribution is 6.29. The molecule has 1 unspecified atom stereocenters. The zero-order valence-corrected chi connectivity index (χ0v) is 11.1. The largest absolute Gasteiger partial charge is 0.399 e. The number of aromatic nitrogens is 1. The van der Waals surface area contributed by atoms with Gasteiger partial charge in [0.15, 0.2) is 0 Å². The van der Waals surface area contributed by atoms with Gasteiger partial charge in [-0.05, 0) is 17.4 Å². The number of nitrogens with two attached hydrogens (primary N) is 1. The number of hydrogen-bond donors (Lipinski definition) is 2. The van der Waals surface area contributed by atoms with Crippen LogP contribution in [0.3, 0.4) is 0 Å². The average Bonchev–Trinajstić information content (AvgIpc) is 2.11. The lowest BCUT2D eigenvalue weighted by molar-refractivity contribution is 0.274. The van der Waals surface area contributed by atoms with Crippen molar-refractivity contribution < 1.29 is 0 Å². The smallest absolute Gasteiger partial charge is 0.133 e. The molecule has 3 nitrogen and oxygen atoms in total. The zero-order chi connectivity index (χ0) is 12.3. The van der Waals surface area contributed by atoms with Gasteiger partial charge in [-0.25, -0.2) is 4.98 Å². The van der Waals surface area contributed by atoms with E-state index in [1.165, 1.54) is 0 Å². The van der Waals surface area contributed by atoms with E-state index >= 15 is 0 Å². The Morgan fingerprint density at radius 2 is 2.06 bits per heavy atom. The average molecular weight is 242 g/mol. The number of nitrogens with zero attached hydrogens (tertiary/aromatic N) is 1. The molecule has 0 aliphatic heterocycles. The van der Waals surface area contributed by atoms with Gasteiger partial charge < -0.3 is 11.1 Å². The Hall–Kier alpha value is -0.960. The highest BCUT2D eigenvalue weighted by Crippen LogP contribution is 2.25. The summed E-state index contributed by atoms with van der Waals surface area (Å²) in [6.07, 6.45) is 0. The zero-order valence-electron chi connectivity index (χ0n) is 10.3. The molecular formula is C12H20ClN3. The van der Waals surface area contributed by atoms with Crippen LogP contribution in [0.15, 0.2) is 12.1 Å². The Kier molecular flexibility index (Phi) is 4.03. The molecule has 1 aromatic heterocycles. The summed E-state index contributed by atoms with van der Waals surface area (Å²) < 4.78 is 0. The standard InChI is InChI=1S/C12H20ClN3/c1-8(12(2,3)4)7-15-11-6-9(14)5-10(13)16-11/h5-6,8H,7H2,1-4H3,(H3,14,15,16). The van der Waals surface area contributed by atoms with Crippen molar-refractivity contribution in [1.29, 1.82) is 0 Å². The molecule has 1 atom stereocenters. The molecule has 0 fully saturated rings. The van der Waals surface area contributed by atoms with Crippen LogP contribution in [0.5, 0.6) is 0 Å². The highest BCUT2D eigenvalue weighted by Gasteiger charge is 2.19. The van der Waals surface area contributed by atoms with Crippen molar-refractivity contribution in [2.75, 3.05) is 17.6 Å². The third-order valence-electron chi connectivity index (χ3n) is 2.88. The molecule has 3 N–H and O–H groups in total. The molecule has 1 rings (SSSR count). The fourth-order valence-corrected chi connectivity index (χ4v) is 1.39. The van der Waals surface area contributed by atoms with Crippen LogP contribution in [0.4, 0.5) is 11.5 Å². The van der Waals surface area contributed by atoms with Crippen LogP contribution in [0.25, 0.3) is 0 Å².